The summed E-state index contributed by atoms with van der Waals surface area (Å²) in [6.07, 6.45) is 1.24. The minimum absolute atomic E-state index is 0.258. The molecule has 0 radical (unpaired) electrons. The summed E-state index contributed by atoms with van der Waals surface area (Å²) >= 11 is 5.01. The zero-order valence-corrected chi connectivity index (χ0v) is 12.9. The molecule has 0 amide bonds. The molecule has 3 nitrogen and oxygen atoms in total. The van der Waals surface area contributed by atoms with Gasteiger partial charge in [0.25, 0.3) is 0 Å². The molecule has 20 heavy (non-hydrogen) atoms. The maximum absolute atomic E-state index is 13.3. The zero-order chi connectivity index (χ0) is 14.7. The molecule has 1 aliphatic rings. The van der Waals surface area contributed by atoms with E-state index in [1.54, 1.807) is 6.07 Å². The van der Waals surface area contributed by atoms with Crippen LogP contribution in [0.15, 0.2) is 18.2 Å². The van der Waals surface area contributed by atoms with Crippen molar-refractivity contribution in [2.45, 2.75) is 13.0 Å². The number of nitrogens with two attached hydrogens (primary N) is 1. The second kappa shape index (κ2) is 6.61. The third-order valence-corrected chi connectivity index (χ3v) is 4.06. The Kier molecular flexibility index (Phi) is 5.07. The molecule has 5 heteroatoms. The van der Waals surface area contributed by atoms with Gasteiger partial charge in [0.05, 0.1) is 0 Å². The van der Waals surface area contributed by atoms with Gasteiger partial charge in [0.15, 0.2) is 0 Å². The lowest BCUT2D eigenvalue weighted by molar-refractivity contribution is 0.267. The van der Waals surface area contributed by atoms with Gasteiger partial charge in [-0.05, 0) is 50.7 Å². The van der Waals surface area contributed by atoms with Crippen molar-refractivity contribution in [3.8, 4) is 0 Å². The van der Waals surface area contributed by atoms with Crippen LogP contribution in [0.1, 0.15) is 17.5 Å². The summed E-state index contributed by atoms with van der Waals surface area (Å²) in [5.74, 6) is 0.412. The van der Waals surface area contributed by atoms with Crippen LogP contribution >= 0.6 is 12.2 Å². The van der Waals surface area contributed by atoms with Gasteiger partial charge in [-0.1, -0.05) is 18.3 Å². The summed E-state index contributed by atoms with van der Waals surface area (Å²) in [6.45, 7) is 4.11. The molecular weight excluding hydrogens is 273 g/mol. The van der Waals surface area contributed by atoms with E-state index in [2.05, 4.69) is 23.9 Å². The van der Waals surface area contributed by atoms with Gasteiger partial charge in [0, 0.05) is 25.2 Å². The Hall–Kier alpha value is -1.04. The van der Waals surface area contributed by atoms with Crippen LogP contribution in [-0.2, 0) is 6.54 Å². The Balaban J connectivity index is 2.00. The molecule has 1 saturated heterocycles. The third-order valence-electron chi connectivity index (χ3n) is 3.84. The molecule has 1 heterocycles. The molecule has 0 aromatic heterocycles. The lowest BCUT2D eigenvalue weighted by Crippen LogP contribution is -2.28. The quantitative estimate of drug-likeness (QED) is 0.840. The van der Waals surface area contributed by atoms with Crippen molar-refractivity contribution in [2.75, 3.05) is 33.7 Å². The highest BCUT2D eigenvalue weighted by atomic mass is 32.1. The van der Waals surface area contributed by atoms with Gasteiger partial charge in [-0.15, -0.1) is 0 Å². The number of hydrogen-bond acceptors (Lipinski definition) is 3. The highest BCUT2D eigenvalue weighted by Crippen LogP contribution is 2.18. The van der Waals surface area contributed by atoms with Gasteiger partial charge in [-0.25, -0.2) is 4.39 Å². The fourth-order valence-electron chi connectivity index (χ4n) is 2.89. The molecular formula is C15H22FN3S. The molecule has 2 N–H and O–H groups in total. The zero-order valence-electron chi connectivity index (χ0n) is 12.1. The van der Waals surface area contributed by atoms with Crippen LogP contribution in [0.4, 0.5) is 4.39 Å². The van der Waals surface area contributed by atoms with Crippen molar-refractivity contribution in [1.29, 1.82) is 0 Å². The first-order valence-corrected chi connectivity index (χ1v) is 7.32. The number of thiocarbonyl (C=S) groups is 1. The average molecular weight is 295 g/mol. The highest BCUT2D eigenvalue weighted by molar-refractivity contribution is 7.80. The van der Waals surface area contributed by atoms with Gasteiger partial charge in [-0.2, -0.15) is 0 Å². The molecule has 1 aromatic rings. The predicted octanol–water partition coefficient (Wildman–Crippen LogP) is 1.84. The Morgan fingerprint density at radius 1 is 1.55 bits per heavy atom. The summed E-state index contributed by atoms with van der Waals surface area (Å²) in [7, 11) is 4.25. The largest absolute Gasteiger partial charge is 0.389 e. The molecule has 0 spiro atoms. The smallest absolute Gasteiger partial charge is 0.123 e. The van der Waals surface area contributed by atoms with Crippen LogP contribution in [0.25, 0.3) is 0 Å². The number of benzene rings is 1. The first-order valence-electron chi connectivity index (χ1n) is 6.91. The Morgan fingerprint density at radius 3 is 2.90 bits per heavy atom. The van der Waals surface area contributed by atoms with E-state index in [4.69, 9.17) is 18.0 Å². The van der Waals surface area contributed by atoms with E-state index >= 15 is 0 Å². The summed E-state index contributed by atoms with van der Waals surface area (Å²) in [4.78, 5) is 4.88. The second-order valence-electron chi connectivity index (χ2n) is 5.78. The first-order chi connectivity index (χ1) is 9.45. The van der Waals surface area contributed by atoms with Crippen LogP contribution in [0.2, 0.25) is 0 Å². The first kappa shape index (κ1) is 15.4. The second-order valence-corrected chi connectivity index (χ2v) is 6.22. The van der Waals surface area contributed by atoms with E-state index in [0.717, 1.165) is 25.2 Å². The van der Waals surface area contributed by atoms with Crippen LogP contribution in [-0.4, -0.2) is 48.5 Å². The Morgan fingerprint density at radius 2 is 2.30 bits per heavy atom. The molecule has 1 aliphatic heterocycles. The van der Waals surface area contributed by atoms with E-state index in [1.807, 2.05) is 0 Å². The van der Waals surface area contributed by atoms with Gasteiger partial charge < -0.3 is 15.5 Å². The average Bonchev–Trinajstić information content (AvgIpc) is 2.76. The highest BCUT2D eigenvalue weighted by Gasteiger charge is 2.21. The molecule has 1 aromatic carbocycles. The van der Waals surface area contributed by atoms with E-state index in [0.29, 0.717) is 11.5 Å². The van der Waals surface area contributed by atoms with Crippen LogP contribution < -0.4 is 5.73 Å². The minimum Gasteiger partial charge on any atom is -0.389 e. The molecule has 1 fully saturated rings. The maximum Gasteiger partial charge on any atom is 0.123 e. The summed E-state index contributed by atoms with van der Waals surface area (Å²) < 4.78 is 13.3. The van der Waals surface area contributed by atoms with E-state index in [9.17, 15) is 4.39 Å². The fourth-order valence-corrected chi connectivity index (χ4v) is 3.08. The number of rotatable bonds is 5. The normalized spacial score (nSPS) is 19.7. The van der Waals surface area contributed by atoms with Crippen molar-refractivity contribution < 1.29 is 4.39 Å². The van der Waals surface area contributed by atoms with Gasteiger partial charge >= 0.3 is 0 Å². The minimum atomic E-state index is -0.295. The molecule has 110 valence electrons. The van der Waals surface area contributed by atoms with E-state index in [-0.39, 0.29) is 10.8 Å². The van der Waals surface area contributed by atoms with Crippen molar-refractivity contribution >= 4 is 17.2 Å². The van der Waals surface area contributed by atoms with Gasteiger partial charge in [-0.3, -0.25) is 0 Å². The van der Waals surface area contributed by atoms with Gasteiger partial charge in [0.1, 0.15) is 10.8 Å². The lowest BCUT2D eigenvalue weighted by Gasteiger charge is -2.22. The van der Waals surface area contributed by atoms with Crippen LogP contribution in [0.5, 0.6) is 0 Å². The van der Waals surface area contributed by atoms with E-state index in [1.165, 1.54) is 25.1 Å². The number of likely N-dealkylation sites (tertiary alicyclic amines) is 1. The fraction of sp³-hybridized carbons (Fsp3) is 0.533. The van der Waals surface area contributed by atoms with Crippen LogP contribution in [0, 0.1) is 11.7 Å². The van der Waals surface area contributed by atoms with Crippen molar-refractivity contribution in [2.24, 2.45) is 11.7 Å². The monoisotopic (exact) mass is 295 g/mol. The van der Waals surface area contributed by atoms with Crippen molar-refractivity contribution in [1.82, 2.24) is 9.80 Å². The molecule has 2 rings (SSSR count). The molecule has 1 unspecified atom stereocenters. The lowest BCUT2D eigenvalue weighted by atomic mass is 10.1. The summed E-state index contributed by atoms with van der Waals surface area (Å²) in [5.41, 5.74) is 7.32. The Bertz CT molecular complexity index is 492. The summed E-state index contributed by atoms with van der Waals surface area (Å²) in [6, 6.07) is 4.67. The van der Waals surface area contributed by atoms with E-state index < -0.39 is 0 Å². The topological polar surface area (TPSA) is 32.5 Å². The number of nitrogens with zero attached hydrogens (tertiary/aromatic N) is 2. The maximum atomic E-state index is 13.3. The summed E-state index contributed by atoms with van der Waals surface area (Å²) in [5, 5.41) is 0. The standard InChI is InChI=1S/C15H22FN3S/c1-18-6-5-11(8-18)9-19(2)10-12-3-4-13(16)7-14(12)15(17)20/h3-4,7,11H,5-6,8-10H2,1-2H3,(H2,17,20). The number of hydrogen-bond donors (Lipinski definition) is 1. The Labute approximate surface area is 125 Å². The third kappa shape index (κ3) is 3.98. The number of halogens is 1. The van der Waals surface area contributed by atoms with Gasteiger partial charge in [0.2, 0.25) is 0 Å². The molecule has 1 atom stereocenters. The van der Waals surface area contributed by atoms with Crippen LogP contribution in [0.3, 0.4) is 0 Å². The SMILES string of the molecule is CN1CCC(CN(C)Cc2ccc(F)cc2C(N)=S)C1. The molecule has 0 saturated carbocycles. The van der Waals surface area contributed by atoms with Crippen molar-refractivity contribution in [3.63, 3.8) is 0 Å². The molecule has 0 bridgehead atoms. The van der Waals surface area contributed by atoms with Crippen molar-refractivity contribution in [3.05, 3.63) is 35.1 Å². The predicted molar refractivity (Wildman–Crippen MR) is 84.2 cm³/mol. The molecule has 0 aliphatic carbocycles.